The molecule has 0 aromatic heterocycles. The van der Waals surface area contributed by atoms with Gasteiger partial charge in [0.1, 0.15) is 36.9 Å². The Kier molecular flexibility index (Phi) is 5.58. The van der Waals surface area contributed by atoms with Crippen LogP contribution in [0.3, 0.4) is 0 Å². The highest BCUT2D eigenvalue weighted by Gasteiger charge is 2.30. The van der Waals surface area contributed by atoms with E-state index >= 15 is 0 Å². The third-order valence-electron chi connectivity index (χ3n) is 5.47. The Labute approximate surface area is 182 Å². The van der Waals surface area contributed by atoms with Crippen LogP contribution in [-0.4, -0.2) is 38.6 Å². The predicted molar refractivity (Wildman–Crippen MR) is 121 cm³/mol. The lowest BCUT2D eigenvalue weighted by atomic mass is 10.2. The van der Waals surface area contributed by atoms with Gasteiger partial charge in [0, 0.05) is 15.9 Å². The first-order valence-corrected chi connectivity index (χ1v) is 12.2. The third kappa shape index (κ3) is 4.69. The second-order valence-corrected chi connectivity index (χ2v) is 10.7. The van der Waals surface area contributed by atoms with Gasteiger partial charge in [-0.05, 0) is 55.5 Å². The molecule has 3 aromatic rings. The van der Waals surface area contributed by atoms with Crippen LogP contribution >= 0.6 is 7.14 Å². The lowest BCUT2D eigenvalue weighted by molar-refractivity contribution is 0.263. The van der Waals surface area contributed by atoms with Crippen molar-refractivity contribution in [3.05, 3.63) is 78.4 Å². The first-order chi connectivity index (χ1) is 15.1. The number of benzene rings is 3. The fraction of sp³-hybridized carbons (Fsp3) is 0.280. The highest BCUT2D eigenvalue weighted by atomic mass is 31.2. The Morgan fingerprint density at radius 2 is 1.06 bits per heavy atom. The van der Waals surface area contributed by atoms with E-state index in [9.17, 15) is 4.57 Å². The molecule has 0 amide bonds. The van der Waals surface area contributed by atoms with Crippen LogP contribution in [0.25, 0.3) is 0 Å². The molecule has 5 nitrogen and oxygen atoms in total. The Morgan fingerprint density at radius 1 is 0.710 bits per heavy atom. The Bertz CT molecular complexity index is 1000. The van der Waals surface area contributed by atoms with E-state index in [4.69, 9.17) is 18.9 Å². The largest absolute Gasteiger partial charge is 0.491 e. The van der Waals surface area contributed by atoms with Crippen molar-refractivity contribution < 1.29 is 23.5 Å². The summed E-state index contributed by atoms with van der Waals surface area (Å²) in [5, 5.41) is 2.34. The molecule has 2 saturated heterocycles. The summed E-state index contributed by atoms with van der Waals surface area (Å²) in [5.41, 5.74) is 1.13. The van der Waals surface area contributed by atoms with Crippen molar-refractivity contribution in [2.24, 2.45) is 0 Å². The molecule has 2 atom stereocenters. The molecule has 0 aliphatic carbocycles. The molecule has 0 radical (unpaired) electrons. The van der Waals surface area contributed by atoms with Crippen molar-refractivity contribution in [2.45, 2.75) is 19.1 Å². The number of hydrogen-bond donors (Lipinski definition) is 0. The summed E-state index contributed by atoms with van der Waals surface area (Å²) in [4.78, 5) is 0. The maximum absolute atomic E-state index is 14.6. The van der Waals surface area contributed by atoms with Gasteiger partial charge < -0.3 is 23.5 Å². The summed E-state index contributed by atoms with van der Waals surface area (Å²) < 4.78 is 36.5. The van der Waals surface area contributed by atoms with E-state index in [0.717, 1.165) is 46.2 Å². The maximum Gasteiger partial charge on any atom is 0.171 e. The van der Waals surface area contributed by atoms with Gasteiger partial charge in [-0.1, -0.05) is 29.8 Å². The first kappa shape index (κ1) is 20.3. The van der Waals surface area contributed by atoms with Crippen molar-refractivity contribution in [2.75, 3.05) is 26.4 Å². The minimum absolute atomic E-state index is 0.200. The average Bonchev–Trinajstić information content (AvgIpc) is 3.72. The fourth-order valence-electron chi connectivity index (χ4n) is 3.41. The van der Waals surface area contributed by atoms with Gasteiger partial charge in [-0.15, -0.1) is 0 Å². The van der Waals surface area contributed by atoms with Crippen molar-refractivity contribution in [1.82, 2.24) is 0 Å². The summed E-state index contributed by atoms with van der Waals surface area (Å²) in [7, 11) is -3.05. The van der Waals surface area contributed by atoms with Crippen molar-refractivity contribution in [3.63, 3.8) is 0 Å². The summed E-state index contributed by atoms with van der Waals surface area (Å²) in [6.45, 7) is 4.63. The van der Waals surface area contributed by atoms with Gasteiger partial charge in [-0.2, -0.15) is 0 Å². The topological polar surface area (TPSA) is 60.6 Å². The highest BCUT2D eigenvalue weighted by Crippen LogP contribution is 2.43. The lowest BCUT2D eigenvalue weighted by Gasteiger charge is -2.21. The maximum atomic E-state index is 14.6. The molecular weight excluding hydrogens is 411 g/mol. The zero-order chi connectivity index (χ0) is 21.3. The molecule has 5 rings (SSSR count). The molecule has 3 aromatic carbocycles. The second kappa shape index (κ2) is 8.51. The molecule has 160 valence electrons. The van der Waals surface area contributed by atoms with Crippen LogP contribution in [0.4, 0.5) is 0 Å². The van der Waals surface area contributed by atoms with Crippen molar-refractivity contribution in [1.29, 1.82) is 0 Å². The summed E-state index contributed by atoms with van der Waals surface area (Å²) in [6, 6.07) is 23.0. The fourth-order valence-corrected chi connectivity index (χ4v) is 6.01. The molecule has 0 N–H and O–H groups in total. The summed E-state index contributed by atoms with van der Waals surface area (Å²) in [6.07, 6.45) is 0.399. The number of rotatable bonds is 9. The van der Waals surface area contributed by atoms with Gasteiger partial charge >= 0.3 is 0 Å². The van der Waals surface area contributed by atoms with E-state index in [1.807, 2.05) is 79.7 Å². The van der Waals surface area contributed by atoms with Crippen molar-refractivity contribution >= 4 is 23.1 Å². The Balaban J connectivity index is 1.45. The SMILES string of the molecule is Cc1ccc(P(=O)(c2ccc(OCC3CO3)cc2)c2ccc(OCC3CO3)cc2)cc1. The second-order valence-electron chi connectivity index (χ2n) is 7.97. The minimum Gasteiger partial charge on any atom is -0.491 e. The van der Waals surface area contributed by atoms with Crippen LogP contribution in [0.1, 0.15) is 5.56 Å². The van der Waals surface area contributed by atoms with E-state index in [0.29, 0.717) is 13.2 Å². The molecule has 6 heteroatoms. The van der Waals surface area contributed by atoms with Crippen LogP contribution in [0.2, 0.25) is 0 Å². The van der Waals surface area contributed by atoms with Crippen LogP contribution in [0.5, 0.6) is 11.5 Å². The quantitative estimate of drug-likeness (QED) is 0.381. The standard InChI is InChI=1S/C25H25O5P/c1-18-2-8-23(9-3-18)31(26,24-10-4-19(5-11-24)27-14-21-16-29-21)25-12-6-20(7-13-25)28-15-22-17-30-22/h2-13,21-22H,14-17H2,1H3. The normalized spacial score (nSPS) is 21.2. The molecule has 2 aliphatic heterocycles. The predicted octanol–water partition coefficient (Wildman–Crippen LogP) is 3.19. The number of ether oxygens (including phenoxy) is 4. The van der Waals surface area contributed by atoms with Gasteiger partial charge in [0.25, 0.3) is 0 Å². The number of aryl methyl sites for hydroxylation is 1. The lowest BCUT2D eigenvalue weighted by Crippen LogP contribution is -2.25. The molecule has 0 bridgehead atoms. The molecular formula is C25H25O5P. The molecule has 0 spiro atoms. The molecule has 2 aliphatic rings. The van der Waals surface area contributed by atoms with E-state index in [2.05, 4.69) is 0 Å². The number of epoxide rings is 2. The third-order valence-corrected chi connectivity index (χ3v) is 8.55. The van der Waals surface area contributed by atoms with Crippen LogP contribution in [0, 0.1) is 6.92 Å². The van der Waals surface area contributed by atoms with Gasteiger partial charge in [0.2, 0.25) is 0 Å². The van der Waals surface area contributed by atoms with Crippen LogP contribution in [0.15, 0.2) is 72.8 Å². The molecule has 31 heavy (non-hydrogen) atoms. The van der Waals surface area contributed by atoms with E-state index < -0.39 is 7.14 Å². The Morgan fingerprint density at radius 3 is 1.42 bits per heavy atom. The summed E-state index contributed by atoms with van der Waals surface area (Å²) in [5.74, 6) is 1.50. The number of hydrogen-bond acceptors (Lipinski definition) is 5. The minimum atomic E-state index is -3.05. The zero-order valence-corrected chi connectivity index (χ0v) is 18.3. The van der Waals surface area contributed by atoms with Crippen LogP contribution in [-0.2, 0) is 14.0 Å². The van der Waals surface area contributed by atoms with Gasteiger partial charge in [-0.3, -0.25) is 0 Å². The monoisotopic (exact) mass is 436 g/mol. The van der Waals surface area contributed by atoms with E-state index in [1.54, 1.807) is 0 Å². The van der Waals surface area contributed by atoms with Gasteiger partial charge in [-0.25, -0.2) is 0 Å². The van der Waals surface area contributed by atoms with Crippen molar-refractivity contribution in [3.8, 4) is 11.5 Å². The van der Waals surface area contributed by atoms with Gasteiger partial charge in [0.05, 0.1) is 13.2 Å². The summed E-state index contributed by atoms with van der Waals surface area (Å²) >= 11 is 0. The van der Waals surface area contributed by atoms with Gasteiger partial charge in [0.15, 0.2) is 7.14 Å². The highest BCUT2D eigenvalue weighted by molar-refractivity contribution is 7.85. The molecule has 0 saturated carbocycles. The Hall–Kier alpha value is -2.59. The first-order valence-electron chi connectivity index (χ1n) is 10.5. The average molecular weight is 436 g/mol. The molecule has 2 unspecified atom stereocenters. The van der Waals surface area contributed by atoms with E-state index in [-0.39, 0.29) is 12.2 Å². The van der Waals surface area contributed by atoms with E-state index in [1.165, 1.54) is 0 Å². The smallest absolute Gasteiger partial charge is 0.171 e. The molecule has 2 fully saturated rings. The van der Waals surface area contributed by atoms with Crippen LogP contribution < -0.4 is 25.4 Å². The molecule has 2 heterocycles. The zero-order valence-electron chi connectivity index (χ0n) is 17.4.